The van der Waals surface area contributed by atoms with Crippen LogP contribution in [0, 0.1) is 5.92 Å². The van der Waals surface area contributed by atoms with Crippen molar-refractivity contribution in [1.29, 1.82) is 0 Å². The van der Waals surface area contributed by atoms with E-state index >= 15 is 0 Å². The lowest BCUT2D eigenvalue weighted by Gasteiger charge is -2.29. The van der Waals surface area contributed by atoms with E-state index in [0.717, 1.165) is 11.1 Å². The van der Waals surface area contributed by atoms with Crippen molar-refractivity contribution in [2.75, 3.05) is 6.61 Å². The van der Waals surface area contributed by atoms with Crippen molar-refractivity contribution in [1.82, 2.24) is 0 Å². The zero-order valence-electron chi connectivity index (χ0n) is 10.5. The Morgan fingerprint density at radius 1 is 1.47 bits per heavy atom. The van der Waals surface area contributed by atoms with Crippen molar-refractivity contribution in [2.24, 2.45) is 11.7 Å². The van der Waals surface area contributed by atoms with Gasteiger partial charge in [0.05, 0.1) is 22.6 Å². The number of fused-ring (bicyclic) bond motifs is 1. The van der Waals surface area contributed by atoms with Gasteiger partial charge in [0.2, 0.25) is 0 Å². The molecule has 0 heterocycles. The average Bonchev–Trinajstić information content (AvgIpc) is 2.34. The van der Waals surface area contributed by atoms with Gasteiger partial charge in [-0.2, -0.15) is 0 Å². The van der Waals surface area contributed by atoms with Crippen molar-refractivity contribution in [3.05, 3.63) is 33.3 Å². The lowest BCUT2D eigenvalue weighted by Crippen LogP contribution is -2.30. The fourth-order valence-electron chi connectivity index (χ4n) is 2.37. The number of hydrogen-bond acceptors (Lipinski definition) is 3. The van der Waals surface area contributed by atoms with Crippen LogP contribution in [0.1, 0.15) is 30.5 Å². The van der Waals surface area contributed by atoms with Crippen molar-refractivity contribution in [3.8, 4) is 0 Å². The maximum absolute atomic E-state index is 11.8. The Hall–Kier alpha value is -0.480. The molecule has 0 spiro atoms. The SMILES string of the molecule is CCOC(=O)[C@H]1Cc2c(ccc(Cl)c2Cl)[C@H](N)C1.Cl. The molecule has 19 heavy (non-hydrogen) atoms. The van der Waals surface area contributed by atoms with Gasteiger partial charge >= 0.3 is 5.97 Å². The van der Waals surface area contributed by atoms with E-state index in [0.29, 0.717) is 29.5 Å². The monoisotopic (exact) mass is 323 g/mol. The van der Waals surface area contributed by atoms with Crippen LogP contribution in [0.15, 0.2) is 12.1 Å². The molecule has 2 N–H and O–H groups in total. The van der Waals surface area contributed by atoms with Crippen LogP contribution in [-0.4, -0.2) is 12.6 Å². The average molecular weight is 325 g/mol. The van der Waals surface area contributed by atoms with Crippen LogP contribution in [0.3, 0.4) is 0 Å². The molecular formula is C13H16Cl3NO2. The van der Waals surface area contributed by atoms with Crippen LogP contribution < -0.4 is 5.73 Å². The van der Waals surface area contributed by atoms with Gasteiger partial charge in [-0.05, 0) is 37.0 Å². The molecule has 1 aliphatic carbocycles. The lowest BCUT2D eigenvalue weighted by molar-refractivity contribution is -0.148. The molecule has 0 radical (unpaired) electrons. The molecule has 3 nitrogen and oxygen atoms in total. The summed E-state index contributed by atoms with van der Waals surface area (Å²) >= 11 is 12.2. The second-order valence-electron chi connectivity index (χ2n) is 4.42. The van der Waals surface area contributed by atoms with Gasteiger partial charge in [-0.3, -0.25) is 4.79 Å². The number of nitrogens with two attached hydrogens (primary N) is 1. The van der Waals surface area contributed by atoms with Crippen LogP contribution in [-0.2, 0) is 16.0 Å². The van der Waals surface area contributed by atoms with Crippen molar-refractivity contribution in [2.45, 2.75) is 25.8 Å². The predicted octanol–water partition coefficient (Wildman–Crippen LogP) is 3.54. The Balaban J connectivity index is 0.00000180. The maximum Gasteiger partial charge on any atom is 0.309 e. The van der Waals surface area contributed by atoms with Crippen molar-refractivity contribution in [3.63, 3.8) is 0 Å². The number of carbonyl (C=O) groups is 1. The summed E-state index contributed by atoms with van der Waals surface area (Å²) in [7, 11) is 0. The van der Waals surface area contributed by atoms with Gasteiger partial charge in [0.1, 0.15) is 0 Å². The molecule has 0 fully saturated rings. The Bertz CT molecular complexity index is 479. The van der Waals surface area contributed by atoms with Gasteiger partial charge in [0, 0.05) is 6.04 Å². The molecule has 6 heteroatoms. The Kier molecular flexibility index (Phi) is 5.93. The highest BCUT2D eigenvalue weighted by atomic mass is 35.5. The normalized spacial score (nSPS) is 21.3. The topological polar surface area (TPSA) is 52.3 Å². The molecule has 0 aliphatic heterocycles. The summed E-state index contributed by atoms with van der Waals surface area (Å²) in [5, 5.41) is 0.991. The standard InChI is InChI=1S/C13H15Cl2NO2.ClH/c1-2-18-13(17)7-5-9-8(11(16)6-7)3-4-10(14)12(9)15;/h3-4,7,11H,2,5-6,16H2,1H3;1H/t7-,11+;/m0./s1. The first-order valence-electron chi connectivity index (χ1n) is 5.93. The number of halogens is 3. The minimum Gasteiger partial charge on any atom is -0.466 e. The number of carbonyl (C=O) groups excluding carboxylic acids is 1. The minimum absolute atomic E-state index is 0. The van der Waals surface area contributed by atoms with E-state index in [2.05, 4.69) is 0 Å². The molecule has 2 rings (SSSR count). The summed E-state index contributed by atoms with van der Waals surface area (Å²) in [6, 6.07) is 3.43. The van der Waals surface area contributed by atoms with E-state index in [4.69, 9.17) is 33.7 Å². The van der Waals surface area contributed by atoms with E-state index in [1.165, 1.54) is 0 Å². The molecular weight excluding hydrogens is 309 g/mol. The summed E-state index contributed by atoms with van der Waals surface area (Å²) in [5.74, 6) is -0.446. The number of benzene rings is 1. The molecule has 2 atom stereocenters. The highest BCUT2D eigenvalue weighted by Gasteiger charge is 2.32. The molecule has 0 saturated carbocycles. The largest absolute Gasteiger partial charge is 0.466 e. The van der Waals surface area contributed by atoms with Gasteiger partial charge in [-0.15, -0.1) is 12.4 Å². The van der Waals surface area contributed by atoms with Crippen molar-refractivity contribution >= 4 is 41.6 Å². The first-order chi connectivity index (χ1) is 8.54. The van der Waals surface area contributed by atoms with Gasteiger partial charge < -0.3 is 10.5 Å². The maximum atomic E-state index is 11.8. The third-order valence-electron chi connectivity index (χ3n) is 3.24. The van der Waals surface area contributed by atoms with E-state index in [9.17, 15) is 4.79 Å². The molecule has 0 amide bonds. The number of ether oxygens (including phenoxy) is 1. The third-order valence-corrected chi connectivity index (χ3v) is 4.08. The van der Waals surface area contributed by atoms with Crippen LogP contribution in [0.25, 0.3) is 0 Å². The summed E-state index contributed by atoms with van der Waals surface area (Å²) in [5.41, 5.74) is 7.93. The van der Waals surface area contributed by atoms with Crippen LogP contribution in [0.5, 0.6) is 0 Å². The fraction of sp³-hybridized carbons (Fsp3) is 0.462. The van der Waals surface area contributed by atoms with Gasteiger partial charge in [-0.25, -0.2) is 0 Å². The van der Waals surface area contributed by atoms with Crippen LogP contribution in [0.2, 0.25) is 10.0 Å². The highest BCUT2D eigenvalue weighted by molar-refractivity contribution is 6.42. The minimum atomic E-state index is -0.233. The summed E-state index contributed by atoms with van der Waals surface area (Å²) in [6.07, 6.45) is 1.13. The number of esters is 1. The molecule has 0 unspecified atom stereocenters. The first-order valence-corrected chi connectivity index (χ1v) is 6.69. The second kappa shape index (κ2) is 6.80. The fourth-order valence-corrected chi connectivity index (χ4v) is 2.79. The Morgan fingerprint density at radius 2 is 2.16 bits per heavy atom. The summed E-state index contributed by atoms with van der Waals surface area (Å²) in [4.78, 5) is 11.8. The van der Waals surface area contributed by atoms with Gasteiger partial charge in [-0.1, -0.05) is 29.3 Å². The summed E-state index contributed by atoms with van der Waals surface area (Å²) < 4.78 is 5.04. The quantitative estimate of drug-likeness (QED) is 0.847. The molecule has 1 aromatic rings. The summed E-state index contributed by atoms with van der Waals surface area (Å²) in [6.45, 7) is 2.17. The Labute approximate surface area is 128 Å². The molecule has 1 aliphatic rings. The van der Waals surface area contributed by atoms with E-state index in [-0.39, 0.29) is 30.3 Å². The molecule has 0 aromatic heterocycles. The lowest BCUT2D eigenvalue weighted by atomic mass is 9.81. The van der Waals surface area contributed by atoms with E-state index < -0.39 is 0 Å². The third kappa shape index (κ3) is 3.34. The van der Waals surface area contributed by atoms with E-state index in [1.807, 2.05) is 6.07 Å². The molecule has 0 bridgehead atoms. The zero-order chi connectivity index (χ0) is 13.3. The molecule has 0 saturated heterocycles. The smallest absolute Gasteiger partial charge is 0.309 e. The van der Waals surface area contributed by atoms with Crippen LogP contribution in [0.4, 0.5) is 0 Å². The van der Waals surface area contributed by atoms with Crippen molar-refractivity contribution < 1.29 is 9.53 Å². The predicted molar refractivity (Wildman–Crippen MR) is 79.1 cm³/mol. The number of hydrogen-bond donors (Lipinski definition) is 1. The van der Waals surface area contributed by atoms with Gasteiger partial charge in [0.15, 0.2) is 0 Å². The zero-order valence-corrected chi connectivity index (χ0v) is 12.8. The van der Waals surface area contributed by atoms with Gasteiger partial charge in [0.25, 0.3) is 0 Å². The highest BCUT2D eigenvalue weighted by Crippen LogP contribution is 2.39. The molecule has 106 valence electrons. The number of rotatable bonds is 2. The second-order valence-corrected chi connectivity index (χ2v) is 5.21. The first kappa shape index (κ1) is 16.6. The molecule has 1 aromatic carbocycles. The van der Waals surface area contributed by atoms with E-state index in [1.54, 1.807) is 13.0 Å². The Morgan fingerprint density at radius 3 is 2.79 bits per heavy atom. The van der Waals surface area contributed by atoms with Crippen LogP contribution >= 0.6 is 35.6 Å².